The molecule has 1 aromatic carbocycles. The Morgan fingerprint density at radius 2 is 1.68 bits per heavy atom. The first-order chi connectivity index (χ1) is 11.9. The molecule has 0 heterocycles. The first-order valence-corrected chi connectivity index (χ1v) is 9.65. The number of carbonyl (C=O) groups excluding carboxylic acids is 1. The number of benzene rings is 1. The number of amides is 1. The number of hydrogen-bond donors (Lipinski definition) is 3. The molecular weight excluding hydrogens is 312 g/mol. The molecule has 3 atom stereocenters. The normalized spacial score (nSPS) is 24.7. The highest BCUT2D eigenvalue weighted by Crippen LogP contribution is 2.38. The van der Waals surface area contributed by atoms with Gasteiger partial charge in [-0.25, -0.2) is 0 Å². The number of rotatable bonds is 8. The third-order valence-corrected chi connectivity index (χ3v) is 6.00. The second-order valence-electron chi connectivity index (χ2n) is 8.08. The van der Waals surface area contributed by atoms with E-state index in [-0.39, 0.29) is 23.8 Å². The van der Waals surface area contributed by atoms with Crippen LogP contribution in [0.4, 0.5) is 0 Å². The summed E-state index contributed by atoms with van der Waals surface area (Å²) in [5.74, 6) is 1.16. The average molecular weight is 347 g/mol. The van der Waals surface area contributed by atoms with Crippen LogP contribution in [-0.4, -0.2) is 23.2 Å². The number of primary amides is 1. The van der Waals surface area contributed by atoms with Crippen LogP contribution in [0.5, 0.6) is 0 Å². The predicted molar refractivity (Wildman–Crippen MR) is 102 cm³/mol. The molecule has 2 rings (SSSR count). The largest absolute Gasteiger partial charge is 0.391 e. The minimum atomic E-state index is -0.708. The fourth-order valence-corrected chi connectivity index (χ4v) is 4.21. The van der Waals surface area contributed by atoms with Crippen molar-refractivity contribution in [2.45, 2.75) is 64.5 Å². The Balaban J connectivity index is 1.91. The van der Waals surface area contributed by atoms with Gasteiger partial charge in [0, 0.05) is 12.0 Å². The molecule has 0 unspecified atom stereocenters. The molecule has 4 heteroatoms. The molecular formula is C21H34N2O2. The van der Waals surface area contributed by atoms with Gasteiger partial charge >= 0.3 is 0 Å². The van der Waals surface area contributed by atoms with Gasteiger partial charge in [-0.2, -0.15) is 0 Å². The van der Waals surface area contributed by atoms with E-state index in [0.717, 1.165) is 37.2 Å². The van der Waals surface area contributed by atoms with E-state index in [4.69, 9.17) is 11.5 Å². The maximum Gasteiger partial charge on any atom is 0.220 e. The smallest absolute Gasteiger partial charge is 0.220 e. The Bertz CT molecular complexity index is 524. The molecule has 25 heavy (non-hydrogen) atoms. The molecule has 0 spiro atoms. The van der Waals surface area contributed by atoms with Gasteiger partial charge in [-0.1, -0.05) is 44.2 Å². The van der Waals surface area contributed by atoms with Crippen molar-refractivity contribution in [2.24, 2.45) is 35.1 Å². The van der Waals surface area contributed by atoms with E-state index >= 15 is 0 Å². The van der Waals surface area contributed by atoms with E-state index in [9.17, 15) is 9.90 Å². The van der Waals surface area contributed by atoms with Crippen LogP contribution in [-0.2, 0) is 11.2 Å². The van der Waals surface area contributed by atoms with Crippen LogP contribution >= 0.6 is 0 Å². The number of nitrogens with two attached hydrogens (primary N) is 2. The summed E-state index contributed by atoms with van der Waals surface area (Å²) in [6, 6.07) is 9.52. The minimum absolute atomic E-state index is 0.273. The quantitative estimate of drug-likeness (QED) is 0.676. The van der Waals surface area contributed by atoms with Crippen LogP contribution in [0.3, 0.4) is 0 Å². The van der Waals surface area contributed by atoms with Crippen molar-refractivity contribution in [2.75, 3.05) is 0 Å². The Morgan fingerprint density at radius 3 is 2.20 bits per heavy atom. The van der Waals surface area contributed by atoms with Crippen LogP contribution in [0.2, 0.25) is 0 Å². The highest BCUT2D eigenvalue weighted by Gasteiger charge is 2.34. The molecule has 1 aromatic rings. The molecule has 140 valence electrons. The van der Waals surface area contributed by atoms with Crippen LogP contribution < -0.4 is 11.5 Å². The first-order valence-electron chi connectivity index (χ1n) is 9.65. The summed E-state index contributed by atoms with van der Waals surface area (Å²) in [6.07, 6.45) is 4.62. The lowest BCUT2D eigenvalue weighted by Crippen LogP contribution is -2.42. The van der Waals surface area contributed by atoms with E-state index in [0.29, 0.717) is 18.8 Å². The van der Waals surface area contributed by atoms with Crippen LogP contribution in [0.25, 0.3) is 0 Å². The van der Waals surface area contributed by atoms with Gasteiger partial charge in [0.25, 0.3) is 0 Å². The van der Waals surface area contributed by atoms with Gasteiger partial charge in [0.2, 0.25) is 5.91 Å². The van der Waals surface area contributed by atoms with Crippen molar-refractivity contribution >= 4 is 5.91 Å². The second kappa shape index (κ2) is 9.35. The lowest BCUT2D eigenvalue weighted by Gasteiger charge is -2.35. The molecule has 0 aliphatic heterocycles. The maximum atomic E-state index is 12.0. The topological polar surface area (TPSA) is 89.3 Å². The minimum Gasteiger partial charge on any atom is -0.391 e. The zero-order chi connectivity index (χ0) is 18.4. The molecule has 1 saturated carbocycles. The monoisotopic (exact) mass is 346 g/mol. The Hall–Kier alpha value is -1.39. The third-order valence-electron chi connectivity index (χ3n) is 6.00. The SMILES string of the molecule is CC(C)C1CCC([C@H](C[C@H](O)[C@@H](N)Cc2ccccc2)C(N)=O)CC1. The molecule has 0 saturated heterocycles. The number of carbonyl (C=O) groups is 1. The average Bonchev–Trinajstić information content (AvgIpc) is 2.60. The van der Waals surface area contributed by atoms with Crippen molar-refractivity contribution in [3.8, 4) is 0 Å². The Kier molecular flexibility index (Phi) is 7.45. The van der Waals surface area contributed by atoms with E-state index in [1.54, 1.807) is 0 Å². The standard InChI is InChI=1S/C21H34N2O2/c1-14(2)16-8-10-17(11-9-16)18(21(23)25)13-20(24)19(22)12-15-6-4-3-5-7-15/h3-7,14,16-20,24H,8-13,22H2,1-2H3,(H2,23,25)/t16?,17?,18-,19-,20-/m0/s1. The van der Waals surface area contributed by atoms with E-state index < -0.39 is 6.10 Å². The summed E-state index contributed by atoms with van der Waals surface area (Å²) < 4.78 is 0. The third kappa shape index (κ3) is 5.82. The summed E-state index contributed by atoms with van der Waals surface area (Å²) in [4.78, 5) is 12.0. The Labute approximate surface area is 152 Å². The lowest BCUT2D eigenvalue weighted by molar-refractivity contribution is -0.125. The van der Waals surface area contributed by atoms with Gasteiger partial charge in [0.05, 0.1) is 6.10 Å². The summed E-state index contributed by atoms with van der Waals surface area (Å²) in [5.41, 5.74) is 13.0. The predicted octanol–water partition coefficient (Wildman–Crippen LogP) is 2.87. The molecule has 4 nitrogen and oxygen atoms in total. The summed E-state index contributed by atoms with van der Waals surface area (Å²) in [6.45, 7) is 4.53. The molecule has 0 radical (unpaired) electrons. The molecule has 5 N–H and O–H groups in total. The van der Waals surface area contributed by atoms with Crippen molar-refractivity contribution in [1.82, 2.24) is 0 Å². The number of hydrogen-bond acceptors (Lipinski definition) is 3. The van der Waals surface area contributed by atoms with Gasteiger partial charge in [-0.15, -0.1) is 0 Å². The fourth-order valence-electron chi connectivity index (χ4n) is 4.21. The van der Waals surface area contributed by atoms with Crippen molar-refractivity contribution < 1.29 is 9.90 Å². The molecule has 0 bridgehead atoms. The zero-order valence-electron chi connectivity index (χ0n) is 15.6. The zero-order valence-corrected chi connectivity index (χ0v) is 15.6. The Morgan fingerprint density at radius 1 is 1.12 bits per heavy atom. The second-order valence-corrected chi connectivity index (χ2v) is 8.08. The number of aliphatic hydroxyl groups excluding tert-OH is 1. The van der Waals surface area contributed by atoms with E-state index in [1.165, 1.54) is 0 Å². The fraction of sp³-hybridized carbons (Fsp3) is 0.667. The lowest BCUT2D eigenvalue weighted by atomic mass is 9.71. The summed E-state index contributed by atoms with van der Waals surface area (Å²) in [5, 5.41) is 10.5. The van der Waals surface area contributed by atoms with Gasteiger partial charge in [-0.3, -0.25) is 4.79 Å². The molecule has 0 aromatic heterocycles. The van der Waals surface area contributed by atoms with Gasteiger partial charge in [0.15, 0.2) is 0 Å². The van der Waals surface area contributed by atoms with Crippen LogP contribution in [0.15, 0.2) is 30.3 Å². The molecule has 1 aliphatic carbocycles. The molecule has 1 amide bonds. The van der Waals surface area contributed by atoms with Crippen LogP contribution in [0.1, 0.15) is 51.5 Å². The van der Waals surface area contributed by atoms with Crippen molar-refractivity contribution in [3.05, 3.63) is 35.9 Å². The molecule has 1 aliphatic rings. The molecule has 1 fully saturated rings. The first kappa shape index (κ1) is 19.9. The summed E-state index contributed by atoms with van der Waals surface area (Å²) in [7, 11) is 0. The van der Waals surface area contributed by atoms with Crippen molar-refractivity contribution in [1.29, 1.82) is 0 Å². The van der Waals surface area contributed by atoms with Gasteiger partial charge in [0.1, 0.15) is 0 Å². The van der Waals surface area contributed by atoms with Crippen LogP contribution in [0, 0.1) is 23.7 Å². The van der Waals surface area contributed by atoms with E-state index in [1.807, 2.05) is 30.3 Å². The van der Waals surface area contributed by atoms with Gasteiger partial charge < -0.3 is 16.6 Å². The summed E-state index contributed by atoms with van der Waals surface area (Å²) >= 11 is 0. The maximum absolute atomic E-state index is 12.0. The van der Waals surface area contributed by atoms with Gasteiger partial charge in [-0.05, 0) is 61.8 Å². The highest BCUT2D eigenvalue weighted by molar-refractivity contribution is 5.77. The highest BCUT2D eigenvalue weighted by atomic mass is 16.3. The number of aliphatic hydroxyl groups is 1. The van der Waals surface area contributed by atoms with E-state index in [2.05, 4.69) is 13.8 Å². The van der Waals surface area contributed by atoms with Crippen molar-refractivity contribution in [3.63, 3.8) is 0 Å².